The highest BCUT2D eigenvalue weighted by Crippen LogP contribution is 2.18. The van der Waals surface area contributed by atoms with Crippen LogP contribution >= 0.6 is 0 Å². The van der Waals surface area contributed by atoms with Crippen molar-refractivity contribution in [2.75, 3.05) is 19.0 Å². The molecule has 2 N–H and O–H groups in total. The molecule has 1 unspecified atom stereocenters. The predicted molar refractivity (Wildman–Crippen MR) is 72.5 cm³/mol. The summed E-state index contributed by atoms with van der Waals surface area (Å²) in [6.45, 7) is -0.142. The zero-order valence-corrected chi connectivity index (χ0v) is 10.6. The Kier molecular flexibility index (Phi) is 3.97. The van der Waals surface area contributed by atoms with Crippen molar-refractivity contribution in [3.8, 4) is 5.75 Å². The number of aliphatic hydroxyl groups is 1. The first-order valence-electron chi connectivity index (χ1n) is 5.96. The number of anilines is 1. The maximum Gasteiger partial charge on any atom is 0.271 e. The third-order valence-corrected chi connectivity index (χ3v) is 2.96. The molecular formula is C14H15NO4. The molecule has 0 aliphatic rings. The minimum Gasteiger partial charge on any atom is -0.491 e. The number of benzene rings is 1. The van der Waals surface area contributed by atoms with Gasteiger partial charge in [-0.3, -0.25) is 9.59 Å². The molecule has 0 bridgehead atoms. The third-order valence-electron chi connectivity index (χ3n) is 2.96. The predicted octanol–water partition coefficient (Wildman–Crippen LogP) is 0.307. The van der Waals surface area contributed by atoms with Crippen molar-refractivity contribution in [2.24, 2.45) is 0 Å². The summed E-state index contributed by atoms with van der Waals surface area (Å²) < 4.78 is 4.84. The molecule has 0 radical (unpaired) electrons. The second-order valence-electron chi connectivity index (χ2n) is 4.28. The second-order valence-corrected chi connectivity index (χ2v) is 4.28. The zero-order chi connectivity index (χ0) is 13.8. The highest BCUT2D eigenvalue weighted by Gasteiger charge is 2.23. The van der Waals surface area contributed by atoms with E-state index in [2.05, 4.69) is 5.32 Å². The van der Waals surface area contributed by atoms with Gasteiger partial charge < -0.3 is 15.2 Å². The summed E-state index contributed by atoms with van der Waals surface area (Å²) in [6.07, 6.45) is 0.555. The molecule has 0 saturated carbocycles. The smallest absolute Gasteiger partial charge is 0.271 e. The molecular weight excluding hydrogens is 246 g/mol. The van der Waals surface area contributed by atoms with Gasteiger partial charge in [0.2, 0.25) is 0 Å². The standard InChI is InChI=1S/C14H15NO4/c1-19-14-11(12(17)13(14)18)15-10(8-16)7-9-5-3-2-4-6-9/h2-6,10,15-16H,7-8H2,1H3. The average molecular weight is 261 g/mol. The van der Waals surface area contributed by atoms with Crippen molar-refractivity contribution < 1.29 is 9.84 Å². The number of nitrogens with one attached hydrogen (secondary N) is 1. The topological polar surface area (TPSA) is 75.6 Å². The van der Waals surface area contributed by atoms with Gasteiger partial charge >= 0.3 is 0 Å². The molecule has 0 spiro atoms. The number of methoxy groups -OCH3 is 1. The summed E-state index contributed by atoms with van der Waals surface area (Å²) in [7, 11) is 1.34. The molecule has 2 aromatic rings. The number of hydrogen-bond donors (Lipinski definition) is 2. The Balaban J connectivity index is 2.10. The Morgan fingerprint density at radius 1 is 1.21 bits per heavy atom. The lowest BCUT2D eigenvalue weighted by molar-refractivity contribution is 0.273. The first-order valence-corrected chi connectivity index (χ1v) is 5.96. The van der Waals surface area contributed by atoms with Crippen LogP contribution in [0.3, 0.4) is 0 Å². The molecule has 0 amide bonds. The molecule has 2 aromatic carbocycles. The van der Waals surface area contributed by atoms with Crippen molar-refractivity contribution in [3.05, 3.63) is 56.3 Å². The minimum atomic E-state index is -0.624. The van der Waals surface area contributed by atoms with Crippen LogP contribution < -0.4 is 20.9 Å². The first kappa shape index (κ1) is 13.3. The maximum atomic E-state index is 11.4. The lowest BCUT2D eigenvalue weighted by Crippen LogP contribution is -2.39. The molecule has 5 nitrogen and oxygen atoms in total. The summed E-state index contributed by atoms with van der Waals surface area (Å²) in [4.78, 5) is 22.6. The highest BCUT2D eigenvalue weighted by molar-refractivity contribution is 5.62. The lowest BCUT2D eigenvalue weighted by atomic mass is 10.1. The molecule has 2 rings (SSSR count). The summed E-state index contributed by atoms with van der Waals surface area (Å²) in [5, 5.41) is 12.2. The summed E-state index contributed by atoms with van der Waals surface area (Å²) >= 11 is 0. The van der Waals surface area contributed by atoms with Crippen LogP contribution in [0.25, 0.3) is 0 Å². The van der Waals surface area contributed by atoms with Crippen LogP contribution in [0.4, 0.5) is 5.69 Å². The summed E-state index contributed by atoms with van der Waals surface area (Å²) in [6, 6.07) is 9.25. The Hall–Kier alpha value is -2.14. The molecule has 1 atom stereocenters. The van der Waals surface area contributed by atoms with E-state index in [0.29, 0.717) is 6.42 Å². The van der Waals surface area contributed by atoms with E-state index in [1.807, 2.05) is 30.3 Å². The van der Waals surface area contributed by atoms with Crippen LogP contribution in [-0.4, -0.2) is 24.9 Å². The fourth-order valence-electron chi connectivity index (χ4n) is 1.96. The van der Waals surface area contributed by atoms with E-state index < -0.39 is 10.9 Å². The van der Waals surface area contributed by atoms with Gasteiger partial charge in [-0.25, -0.2) is 0 Å². The minimum absolute atomic E-state index is 0.0384. The molecule has 0 aliphatic heterocycles. The van der Waals surface area contributed by atoms with Gasteiger partial charge in [-0.2, -0.15) is 0 Å². The van der Waals surface area contributed by atoms with Crippen molar-refractivity contribution in [2.45, 2.75) is 12.5 Å². The van der Waals surface area contributed by atoms with E-state index >= 15 is 0 Å². The van der Waals surface area contributed by atoms with Crippen LogP contribution in [0.1, 0.15) is 5.56 Å². The Morgan fingerprint density at radius 2 is 1.89 bits per heavy atom. The molecule has 100 valence electrons. The van der Waals surface area contributed by atoms with Crippen molar-refractivity contribution in [3.63, 3.8) is 0 Å². The quantitative estimate of drug-likeness (QED) is 0.732. The van der Waals surface area contributed by atoms with Gasteiger partial charge in [-0.15, -0.1) is 0 Å². The maximum absolute atomic E-state index is 11.4. The van der Waals surface area contributed by atoms with E-state index in [1.165, 1.54) is 7.11 Å². The second kappa shape index (κ2) is 5.67. The molecule has 5 heteroatoms. The largest absolute Gasteiger partial charge is 0.491 e. The van der Waals surface area contributed by atoms with Crippen LogP contribution in [-0.2, 0) is 6.42 Å². The van der Waals surface area contributed by atoms with E-state index in [9.17, 15) is 14.7 Å². The fourth-order valence-corrected chi connectivity index (χ4v) is 1.96. The first-order chi connectivity index (χ1) is 9.17. The Morgan fingerprint density at radius 3 is 2.47 bits per heavy atom. The van der Waals surface area contributed by atoms with E-state index in [4.69, 9.17) is 4.74 Å². The van der Waals surface area contributed by atoms with Gasteiger partial charge in [-0.05, 0) is 12.0 Å². The summed E-state index contributed by atoms with van der Waals surface area (Å²) in [5.41, 5.74) is -0.0287. The number of rotatable bonds is 6. The number of hydrogen-bond acceptors (Lipinski definition) is 5. The van der Waals surface area contributed by atoms with Crippen molar-refractivity contribution >= 4 is 5.69 Å². The molecule has 0 aromatic heterocycles. The normalized spacial score (nSPS) is 12.3. The average Bonchev–Trinajstić information content (AvgIpc) is 2.46. The van der Waals surface area contributed by atoms with Crippen LogP contribution in [0.5, 0.6) is 5.75 Å². The van der Waals surface area contributed by atoms with Gasteiger partial charge in [0.05, 0.1) is 19.8 Å². The molecule has 0 aliphatic carbocycles. The molecule has 19 heavy (non-hydrogen) atoms. The SMILES string of the molecule is COc1c(NC(CO)Cc2ccccc2)c(=O)c1=O. The fraction of sp³-hybridized carbons (Fsp3) is 0.286. The lowest BCUT2D eigenvalue weighted by Gasteiger charge is -2.19. The summed E-state index contributed by atoms with van der Waals surface area (Å²) in [5.74, 6) is 0.0384. The van der Waals surface area contributed by atoms with Crippen LogP contribution in [0.2, 0.25) is 0 Å². The molecule has 0 saturated heterocycles. The van der Waals surface area contributed by atoms with Gasteiger partial charge in [0.25, 0.3) is 10.9 Å². The highest BCUT2D eigenvalue weighted by atomic mass is 16.5. The van der Waals surface area contributed by atoms with Gasteiger partial charge in [0.1, 0.15) is 5.69 Å². The van der Waals surface area contributed by atoms with Crippen LogP contribution in [0, 0.1) is 0 Å². The van der Waals surface area contributed by atoms with Crippen LogP contribution in [0.15, 0.2) is 39.9 Å². The van der Waals surface area contributed by atoms with Crippen molar-refractivity contribution in [1.82, 2.24) is 0 Å². The van der Waals surface area contributed by atoms with E-state index in [0.717, 1.165) is 5.56 Å². The van der Waals surface area contributed by atoms with Gasteiger partial charge in [-0.1, -0.05) is 30.3 Å². The van der Waals surface area contributed by atoms with E-state index in [1.54, 1.807) is 0 Å². The Labute approximate surface area is 110 Å². The monoisotopic (exact) mass is 261 g/mol. The van der Waals surface area contributed by atoms with Gasteiger partial charge in [0.15, 0.2) is 5.75 Å². The molecule has 0 heterocycles. The van der Waals surface area contributed by atoms with Gasteiger partial charge in [0, 0.05) is 0 Å². The number of ether oxygens (including phenoxy) is 1. The van der Waals surface area contributed by atoms with E-state index in [-0.39, 0.29) is 24.1 Å². The third kappa shape index (κ3) is 2.66. The Bertz CT molecular complexity index is 614. The zero-order valence-electron chi connectivity index (χ0n) is 10.6. The number of aliphatic hydroxyl groups excluding tert-OH is 1. The van der Waals surface area contributed by atoms with Crippen molar-refractivity contribution in [1.29, 1.82) is 0 Å². The molecule has 0 fully saturated rings.